The Morgan fingerprint density at radius 1 is 1.07 bits per heavy atom. The van der Waals surface area contributed by atoms with Crippen LogP contribution in [0.15, 0.2) is 66.7 Å². The number of benzene rings is 3. The molecule has 0 aliphatic carbocycles. The van der Waals surface area contributed by atoms with Gasteiger partial charge in [-0.2, -0.15) is 0 Å². The van der Waals surface area contributed by atoms with Gasteiger partial charge in [0.25, 0.3) is 5.91 Å². The van der Waals surface area contributed by atoms with E-state index >= 15 is 0 Å². The molecule has 1 fully saturated rings. The molecule has 3 aromatic carbocycles. The molecule has 8 nitrogen and oxygen atoms in total. The van der Waals surface area contributed by atoms with E-state index in [0.29, 0.717) is 11.8 Å². The number of para-hydroxylation sites is 1. The maximum atomic E-state index is 14.5. The van der Waals surface area contributed by atoms with Gasteiger partial charge >= 0.3 is 6.17 Å². The summed E-state index contributed by atoms with van der Waals surface area (Å²) >= 11 is 0. The summed E-state index contributed by atoms with van der Waals surface area (Å²) in [6.45, 7) is 13.0. The lowest BCUT2D eigenvalue weighted by molar-refractivity contribution is -0.147. The van der Waals surface area contributed by atoms with Crippen molar-refractivity contribution in [2.24, 2.45) is 5.41 Å². The maximum absolute atomic E-state index is 14.5. The van der Waals surface area contributed by atoms with Gasteiger partial charge in [-0.15, -0.1) is 0 Å². The smallest absolute Gasteiger partial charge is 0.302 e. The predicted molar refractivity (Wildman–Crippen MR) is 167 cm³/mol. The van der Waals surface area contributed by atoms with E-state index in [1.807, 2.05) is 42.5 Å². The molecule has 5 rings (SSSR count). The van der Waals surface area contributed by atoms with E-state index in [1.54, 1.807) is 32.9 Å². The van der Waals surface area contributed by atoms with E-state index in [1.165, 1.54) is 16.8 Å². The van der Waals surface area contributed by atoms with Crippen molar-refractivity contribution in [2.45, 2.75) is 63.8 Å². The van der Waals surface area contributed by atoms with E-state index in [0.717, 1.165) is 17.2 Å². The van der Waals surface area contributed by atoms with Crippen LogP contribution in [0, 0.1) is 29.4 Å². The van der Waals surface area contributed by atoms with Gasteiger partial charge in [-0.3, -0.25) is 24.1 Å². The fraction of sp³-hybridized carbons (Fsp3) is 0.371. The minimum atomic E-state index is -1.31. The molecule has 0 bridgehead atoms. The number of nitrogens with zero attached hydrogens (tertiary/aromatic N) is 3. The molecule has 1 spiro atoms. The standard InChI is InChI=1S/C35H36F3N5O3/c1-34(2,3)30(40-19-22-16-25(37)26(38)17-24(22)36)32(45)42(5)28(15-21-11-7-6-8-12-21)31(44)43-20-35(18-29(43)39-4)23-13-9-10-14-27(23)41-33(35)46/h6-14,16-17,28-30,40H,15,18-20H2,1-3,5H3,(H,41,46)/t28-,29-,30+,35-/m0/s1. The molecule has 0 saturated carbocycles. The minimum Gasteiger partial charge on any atom is -0.332 e. The van der Waals surface area contributed by atoms with E-state index in [9.17, 15) is 27.6 Å². The lowest BCUT2D eigenvalue weighted by Gasteiger charge is -2.37. The average Bonchev–Trinajstić information content (AvgIpc) is 3.55. The van der Waals surface area contributed by atoms with E-state index in [4.69, 9.17) is 6.57 Å². The van der Waals surface area contributed by atoms with Crippen molar-refractivity contribution in [3.63, 3.8) is 0 Å². The average molecular weight is 632 g/mol. The molecule has 3 aromatic rings. The zero-order chi connectivity index (χ0) is 33.4. The molecule has 2 aliphatic heterocycles. The van der Waals surface area contributed by atoms with Crippen LogP contribution in [0.2, 0.25) is 0 Å². The molecular formula is C35H36F3N5O3. The second kappa shape index (κ2) is 12.6. The van der Waals surface area contributed by atoms with Crippen LogP contribution in [0.25, 0.3) is 4.85 Å². The van der Waals surface area contributed by atoms with Crippen molar-refractivity contribution < 1.29 is 27.6 Å². The molecule has 2 heterocycles. The summed E-state index contributed by atoms with van der Waals surface area (Å²) in [6, 6.07) is 15.6. The molecule has 1 saturated heterocycles. The Bertz CT molecular complexity index is 1700. The van der Waals surface area contributed by atoms with Crippen molar-refractivity contribution in [3.8, 4) is 0 Å². The van der Waals surface area contributed by atoms with Crippen LogP contribution >= 0.6 is 0 Å². The number of halogens is 3. The summed E-state index contributed by atoms with van der Waals surface area (Å²) in [5.74, 6) is -4.72. The molecule has 4 atom stereocenters. The fourth-order valence-corrected chi connectivity index (χ4v) is 6.41. The number of likely N-dealkylation sites (N-methyl/N-ethyl adjacent to an activating group) is 1. The van der Waals surface area contributed by atoms with Crippen LogP contribution in [-0.4, -0.2) is 59.4 Å². The Morgan fingerprint density at radius 2 is 1.72 bits per heavy atom. The van der Waals surface area contributed by atoms with Gasteiger partial charge in [0.1, 0.15) is 17.3 Å². The largest absolute Gasteiger partial charge is 0.332 e. The van der Waals surface area contributed by atoms with E-state index < -0.39 is 58.3 Å². The first kappa shape index (κ1) is 32.7. The Balaban J connectivity index is 1.46. The molecule has 0 aromatic heterocycles. The molecule has 2 aliphatic rings. The number of hydrogen-bond acceptors (Lipinski definition) is 4. The molecule has 46 heavy (non-hydrogen) atoms. The summed E-state index contributed by atoms with van der Waals surface area (Å²) in [6.07, 6.45) is -0.681. The molecular weight excluding hydrogens is 595 g/mol. The second-order valence-corrected chi connectivity index (χ2v) is 13.1. The zero-order valence-corrected chi connectivity index (χ0v) is 26.1. The second-order valence-electron chi connectivity index (χ2n) is 13.1. The number of hydrogen-bond donors (Lipinski definition) is 2. The van der Waals surface area contributed by atoms with Gasteiger partial charge in [0.15, 0.2) is 11.6 Å². The van der Waals surface area contributed by atoms with Gasteiger partial charge < -0.3 is 15.5 Å². The lowest BCUT2D eigenvalue weighted by atomic mass is 9.80. The van der Waals surface area contributed by atoms with Gasteiger partial charge in [0, 0.05) is 43.9 Å². The fourth-order valence-electron chi connectivity index (χ4n) is 6.41. The van der Waals surface area contributed by atoms with Gasteiger partial charge in [-0.05, 0) is 28.7 Å². The highest BCUT2D eigenvalue weighted by Crippen LogP contribution is 2.47. The van der Waals surface area contributed by atoms with Crippen LogP contribution in [0.1, 0.15) is 43.9 Å². The number of nitrogens with one attached hydrogen (secondary N) is 2. The van der Waals surface area contributed by atoms with Crippen molar-refractivity contribution >= 4 is 23.4 Å². The highest BCUT2D eigenvalue weighted by atomic mass is 19.2. The normalized spacial score (nSPS) is 20.2. The third-order valence-electron chi connectivity index (χ3n) is 8.96. The topological polar surface area (TPSA) is 86.1 Å². The van der Waals surface area contributed by atoms with Gasteiger partial charge in [0.2, 0.25) is 11.8 Å². The SMILES string of the molecule is [C-]#[N+][C@@H]1C[C@@]2(CN1C(=O)[C@H](Cc1ccccc1)N(C)C(=O)[C@@H](NCc1cc(F)c(F)cc1F)C(C)(C)C)C(=O)Nc1ccccc12. The Morgan fingerprint density at radius 3 is 2.39 bits per heavy atom. The first-order valence-electron chi connectivity index (χ1n) is 15.0. The predicted octanol–water partition coefficient (Wildman–Crippen LogP) is 5.05. The van der Waals surface area contributed by atoms with Gasteiger partial charge in [-0.25, -0.2) is 19.7 Å². The van der Waals surface area contributed by atoms with Crippen LogP contribution in [0.4, 0.5) is 18.9 Å². The van der Waals surface area contributed by atoms with Crippen LogP contribution < -0.4 is 10.6 Å². The molecule has 240 valence electrons. The third kappa shape index (κ3) is 6.09. The number of carbonyl (C=O) groups is 3. The Labute approximate surface area is 266 Å². The van der Waals surface area contributed by atoms with Gasteiger partial charge in [0.05, 0.1) is 12.5 Å². The lowest BCUT2D eigenvalue weighted by Crippen LogP contribution is -2.58. The molecule has 2 N–H and O–H groups in total. The summed E-state index contributed by atoms with van der Waals surface area (Å²) in [5.41, 5.74) is 0.165. The first-order valence-corrected chi connectivity index (χ1v) is 15.0. The number of rotatable bonds is 8. The summed E-state index contributed by atoms with van der Waals surface area (Å²) in [5, 5.41) is 5.89. The minimum absolute atomic E-state index is 0.0224. The van der Waals surface area contributed by atoms with Crippen molar-refractivity contribution in [1.82, 2.24) is 15.1 Å². The highest BCUT2D eigenvalue weighted by molar-refractivity contribution is 6.07. The summed E-state index contributed by atoms with van der Waals surface area (Å²) in [7, 11) is 1.50. The van der Waals surface area contributed by atoms with Crippen molar-refractivity contribution in [3.05, 3.63) is 112 Å². The van der Waals surface area contributed by atoms with Crippen molar-refractivity contribution in [1.29, 1.82) is 0 Å². The molecule has 11 heteroatoms. The number of anilines is 1. The van der Waals surface area contributed by atoms with E-state index in [2.05, 4.69) is 15.5 Å². The van der Waals surface area contributed by atoms with Crippen LogP contribution in [-0.2, 0) is 32.8 Å². The Kier molecular flexibility index (Phi) is 8.96. The number of amides is 3. The highest BCUT2D eigenvalue weighted by Gasteiger charge is 2.59. The summed E-state index contributed by atoms with van der Waals surface area (Å²) in [4.78, 5) is 48.5. The number of fused-ring (bicyclic) bond motifs is 2. The molecule has 0 radical (unpaired) electrons. The van der Waals surface area contributed by atoms with Crippen LogP contribution in [0.5, 0.6) is 0 Å². The van der Waals surface area contributed by atoms with Gasteiger partial charge in [-0.1, -0.05) is 69.3 Å². The Hall–Kier alpha value is -4.69. The quantitative estimate of drug-likeness (QED) is 0.270. The monoisotopic (exact) mass is 631 g/mol. The first-order chi connectivity index (χ1) is 21.8. The molecule has 3 amide bonds. The van der Waals surface area contributed by atoms with Crippen molar-refractivity contribution in [2.75, 3.05) is 18.9 Å². The zero-order valence-electron chi connectivity index (χ0n) is 26.1. The number of likely N-dealkylation sites (tertiary alicyclic amines) is 1. The number of carbonyl (C=O) groups excluding carboxylic acids is 3. The maximum Gasteiger partial charge on any atom is 0.302 e. The summed E-state index contributed by atoms with van der Waals surface area (Å²) < 4.78 is 41.9. The van der Waals surface area contributed by atoms with E-state index in [-0.39, 0.29) is 37.4 Å². The third-order valence-corrected chi connectivity index (χ3v) is 8.96. The molecule has 0 unspecified atom stereocenters. The van der Waals surface area contributed by atoms with Crippen LogP contribution in [0.3, 0.4) is 0 Å².